The van der Waals surface area contributed by atoms with E-state index < -0.39 is 43.8 Å². The van der Waals surface area contributed by atoms with Crippen LogP contribution in [0.3, 0.4) is 0 Å². The van der Waals surface area contributed by atoms with E-state index in [1.54, 1.807) is 20.8 Å². The van der Waals surface area contributed by atoms with E-state index in [4.69, 9.17) is 24.1 Å². The summed E-state index contributed by atoms with van der Waals surface area (Å²) in [5.74, 6) is -0.492. The van der Waals surface area contributed by atoms with Gasteiger partial charge in [-0.2, -0.15) is 0 Å². The van der Waals surface area contributed by atoms with Crippen LogP contribution in [0.4, 0.5) is 0 Å². The van der Waals surface area contributed by atoms with Gasteiger partial charge in [0.05, 0.1) is 31.0 Å². The standard InChI is InChI=1S/C14H26N3O8P/c1-4-11(18)22-8-9(26(21,23-5-2)24-6-3)7-10-12(16-17-15)13(19)14(20)25-10/h9-10,12-14,19-20H,4-8H2,1-3H3/t9?,10-,12-,13-,14?/m1/s1. The van der Waals surface area contributed by atoms with Crippen LogP contribution in [0.2, 0.25) is 0 Å². The van der Waals surface area contributed by atoms with Crippen LogP contribution in [0.15, 0.2) is 5.11 Å². The average Bonchev–Trinajstić information content (AvgIpc) is 2.86. The van der Waals surface area contributed by atoms with Crippen molar-refractivity contribution >= 4 is 13.6 Å². The van der Waals surface area contributed by atoms with Crippen molar-refractivity contribution in [2.45, 2.75) is 63.8 Å². The summed E-state index contributed by atoms with van der Waals surface area (Å²) in [6, 6.07) is -1.09. The molecule has 1 heterocycles. The zero-order valence-corrected chi connectivity index (χ0v) is 15.9. The van der Waals surface area contributed by atoms with Crippen molar-refractivity contribution in [1.29, 1.82) is 0 Å². The van der Waals surface area contributed by atoms with Gasteiger partial charge in [-0.05, 0) is 25.8 Å². The molecule has 1 aliphatic rings. The molecular formula is C14H26N3O8P. The van der Waals surface area contributed by atoms with Gasteiger partial charge >= 0.3 is 13.6 Å². The minimum absolute atomic E-state index is 0.0773. The Balaban J connectivity index is 3.04. The highest BCUT2D eigenvalue weighted by Gasteiger charge is 2.47. The van der Waals surface area contributed by atoms with Crippen molar-refractivity contribution in [3.8, 4) is 0 Å². The van der Waals surface area contributed by atoms with Gasteiger partial charge in [-0.1, -0.05) is 12.0 Å². The number of esters is 1. The topological polar surface area (TPSA) is 160 Å². The highest BCUT2D eigenvalue weighted by molar-refractivity contribution is 7.54. The third-order valence-corrected chi connectivity index (χ3v) is 6.31. The highest BCUT2D eigenvalue weighted by Crippen LogP contribution is 2.55. The maximum absolute atomic E-state index is 13.1. The van der Waals surface area contributed by atoms with E-state index in [0.29, 0.717) is 0 Å². The van der Waals surface area contributed by atoms with Crippen molar-refractivity contribution in [3.63, 3.8) is 0 Å². The lowest BCUT2D eigenvalue weighted by Gasteiger charge is -2.28. The Hall–Kier alpha value is -1.19. The second kappa shape index (κ2) is 10.8. The summed E-state index contributed by atoms with van der Waals surface area (Å²) in [6.07, 6.45) is -3.86. The molecule has 1 fully saturated rings. The first-order valence-corrected chi connectivity index (χ1v) is 10.0. The van der Waals surface area contributed by atoms with Crippen LogP contribution in [-0.2, 0) is 27.9 Å². The van der Waals surface area contributed by atoms with Gasteiger partial charge in [0.15, 0.2) is 6.29 Å². The van der Waals surface area contributed by atoms with Crippen molar-refractivity contribution in [1.82, 2.24) is 0 Å². The third kappa shape index (κ3) is 5.92. The number of rotatable bonds is 11. The number of ether oxygens (including phenoxy) is 2. The number of aliphatic hydroxyl groups excluding tert-OH is 2. The number of aliphatic hydroxyl groups is 2. The Morgan fingerprint density at radius 1 is 1.31 bits per heavy atom. The zero-order chi connectivity index (χ0) is 19.7. The predicted molar refractivity (Wildman–Crippen MR) is 90.3 cm³/mol. The molecule has 0 spiro atoms. The van der Waals surface area contributed by atoms with Gasteiger partial charge in [0.1, 0.15) is 12.7 Å². The Labute approximate surface area is 151 Å². The summed E-state index contributed by atoms with van der Waals surface area (Å²) in [5, 5.41) is 23.0. The van der Waals surface area contributed by atoms with E-state index in [1.807, 2.05) is 0 Å². The van der Waals surface area contributed by atoms with E-state index in [-0.39, 0.29) is 32.7 Å². The Bertz CT molecular complexity index is 546. The molecule has 0 aromatic rings. The summed E-state index contributed by atoms with van der Waals surface area (Å²) < 4.78 is 34.1. The van der Waals surface area contributed by atoms with Crippen LogP contribution in [0.5, 0.6) is 0 Å². The summed E-state index contributed by atoms with van der Waals surface area (Å²) in [4.78, 5) is 14.1. The fourth-order valence-corrected chi connectivity index (χ4v) is 4.52. The first-order chi connectivity index (χ1) is 12.3. The number of hydrogen-bond donors (Lipinski definition) is 2. The molecular weight excluding hydrogens is 369 g/mol. The molecule has 1 aliphatic heterocycles. The lowest BCUT2D eigenvalue weighted by atomic mass is 10.0. The van der Waals surface area contributed by atoms with Gasteiger partial charge in [-0.3, -0.25) is 9.36 Å². The largest absolute Gasteiger partial charge is 0.465 e. The lowest BCUT2D eigenvalue weighted by Crippen LogP contribution is -2.34. The maximum Gasteiger partial charge on any atom is 0.337 e. The number of carbonyl (C=O) groups is 1. The Morgan fingerprint density at radius 2 is 1.92 bits per heavy atom. The molecule has 0 amide bonds. The van der Waals surface area contributed by atoms with Crippen LogP contribution < -0.4 is 0 Å². The fourth-order valence-electron chi connectivity index (χ4n) is 2.58. The minimum Gasteiger partial charge on any atom is -0.465 e. The molecule has 1 rings (SSSR count). The summed E-state index contributed by atoms with van der Waals surface area (Å²) in [5.41, 5.74) is 7.74. The van der Waals surface area contributed by atoms with Crippen LogP contribution >= 0.6 is 7.60 Å². The van der Waals surface area contributed by atoms with E-state index in [9.17, 15) is 19.6 Å². The van der Waals surface area contributed by atoms with Gasteiger partial charge in [0.25, 0.3) is 0 Å². The molecule has 150 valence electrons. The van der Waals surface area contributed by atoms with Crippen molar-refractivity contribution < 1.29 is 38.1 Å². The van der Waals surface area contributed by atoms with Gasteiger partial charge in [-0.15, -0.1) is 0 Å². The quantitative estimate of drug-likeness (QED) is 0.176. The Morgan fingerprint density at radius 3 is 2.42 bits per heavy atom. The predicted octanol–water partition coefficient (Wildman–Crippen LogP) is 1.72. The van der Waals surface area contributed by atoms with Crippen LogP contribution in [0.25, 0.3) is 10.4 Å². The summed E-state index contributed by atoms with van der Waals surface area (Å²) >= 11 is 0. The van der Waals surface area contributed by atoms with Crippen LogP contribution in [0, 0.1) is 0 Å². The molecule has 0 aliphatic carbocycles. The van der Waals surface area contributed by atoms with Gasteiger partial charge in [0.2, 0.25) is 0 Å². The fraction of sp³-hybridized carbons (Fsp3) is 0.929. The normalized spacial score (nSPS) is 27.0. The van der Waals surface area contributed by atoms with Gasteiger partial charge in [0, 0.05) is 11.3 Å². The van der Waals surface area contributed by atoms with E-state index in [1.165, 1.54) is 0 Å². The van der Waals surface area contributed by atoms with E-state index >= 15 is 0 Å². The third-order valence-electron chi connectivity index (χ3n) is 3.82. The van der Waals surface area contributed by atoms with Crippen molar-refractivity contribution in [2.24, 2.45) is 5.11 Å². The molecule has 2 N–H and O–H groups in total. The maximum atomic E-state index is 13.1. The van der Waals surface area contributed by atoms with Crippen molar-refractivity contribution in [3.05, 3.63) is 10.4 Å². The molecule has 0 saturated carbocycles. The first-order valence-electron chi connectivity index (χ1n) is 8.43. The molecule has 0 bridgehead atoms. The molecule has 11 nitrogen and oxygen atoms in total. The molecule has 5 atom stereocenters. The van der Waals surface area contributed by atoms with Gasteiger partial charge < -0.3 is 28.7 Å². The second-order valence-corrected chi connectivity index (χ2v) is 7.88. The van der Waals surface area contributed by atoms with E-state index in [0.717, 1.165) is 0 Å². The SMILES string of the molecule is CCOP(=O)(OCC)C(COC(=O)CC)C[C@H]1OC(O)[C@H](O)[C@@H]1N=[N+]=[N-]. The second-order valence-electron chi connectivity index (χ2n) is 5.55. The number of azide groups is 1. The van der Waals surface area contributed by atoms with E-state index in [2.05, 4.69) is 10.0 Å². The van der Waals surface area contributed by atoms with Gasteiger partial charge in [-0.25, -0.2) is 0 Å². The zero-order valence-electron chi connectivity index (χ0n) is 15.1. The molecule has 0 radical (unpaired) electrons. The Kier molecular flexibility index (Phi) is 9.52. The summed E-state index contributed by atoms with van der Waals surface area (Å²) in [6.45, 7) is 4.84. The molecule has 0 aromatic heterocycles. The monoisotopic (exact) mass is 395 g/mol. The van der Waals surface area contributed by atoms with Crippen molar-refractivity contribution in [2.75, 3.05) is 19.8 Å². The highest BCUT2D eigenvalue weighted by atomic mass is 31.2. The first kappa shape index (κ1) is 22.9. The number of hydrogen-bond acceptors (Lipinski definition) is 9. The molecule has 0 aromatic carbocycles. The molecule has 26 heavy (non-hydrogen) atoms. The molecule has 1 saturated heterocycles. The smallest absolute Gasteiger partial charge is 0.337 e. The van der Waals surface area contributed by atoms with Crippen LogP contribution in [0.1, 0.15) is 33.6 Å². The minimum atomic E-state index is -3.69. The lowest BCUT2D eigenvalue weighted by molar-refractivity contribution is -0.144. The van der Waals surface area contributed by atoms with Crippen LogP contribution in [-0.4, -0.2) is 66.2 Å². The molecule has 12 heteroatoms. The average molecular weight is 395 g/mol. The molecule has 2 unspecified atom stereocenters. The summed E-state index contributed by atoms with van der Waals surface area (Å²) in [7, 11) is -3.69. The number of carbonyl (C=O) groups excluding carboxylic acids is 1. The number of nitrogens with zero attached hydrogens (tertiary/aromatic N) is 3.